The molecule has 1 aliphatic carbocycles. The summed E-state index contributed by atoms with van der Waals surface area (Å²) in [6, 6.07) is 5.99. The van der Waals surface area contributed by atoms with E-state index in [4.69, 9.17) is 9.15 Å². The molecule has 0 atom stereocenters. The van der Waals surface area contributed by atoms with Crippen molar-refractivity contribution in [1.29, 1.82) is 0 Å². The Hall–Kier alpha value is -2.83. The second kappa shape index (κ2) is 7.59. The summed E-state index contributed by atoms with van der Waals surface area (Å²) < 4.78 is 10.5. The molecule has 1 heterocycles. The quantitative estimate of drug-likeness (QED) is 0.759. The van der Waals surface area contributed by atoms with Gasteiger partial charge in [0.25, 0.3) is 5.91 Å². The molecule has 1 aromatic heterocycles. The molecule has 0 radical (unpaired) electrons. The summed E-state index contributed by atoms with van der Waals surface area (Å²) in [5.74, 6) is -1.13. The fourth-order valence-electron chi connectivity index (χ4n) is 2.59. The van der Waals surface area contributed by atoms with Gasteiger partial charge in [0.1, 0.15) is 5.58 Å². The van der Waals surface area contributed by atoms with Gasteiger partial charge in [-0.2, -0.15) is 0 Å². The van der Waals surface area contributed by atoms with E-state index >= 15 is 0 Å². The molecule has 1 aliphatic rings. The monoisotopic (exact) mass is 358 g/mol. The van der Waals surface area contributed by atoms with Crippen LogP contribution in [0.25, 0.3) is 11.0 Å². The molecule has 2 aromatic rings. The first-order chi connectivity index (χ1) is 12.4. The van der Waals surface area contributed by atoms with E-state index in [0.717, 1.165) is 29.4 Å². The third kappa shape index (κ3) is 4.62. The number of likely N-dealkylation sites (N-methyl/N-ethyl adjacent to an activating group) is 1. The van der Waals surface area contributed by atoms with Gasteiger partial charge in [-0.05, 0) is 31.4 Å². The summed E-state index contributed by atoms with van der Waals surface area (Å²) in [6.07, 6.45) is 3.53. The average Bonchev–Trinajstić information content (AvgIpc) is 3.32. The smallest absolute Gasteiger partial charge is 0.310 e. The Labute approximate surface area is 151 Å². The number of carbonyl (C=O) groups excluding carboxylic acids is 3. The largest absolute Gasteiger partial charge is 0.464 e. The molecule has 3 rings (SSSR count). The molecule has 138 valence electrons. The van der Waals surface area contributed by atoms with Crippen LogP contribution in [0.2, 0.25) is 0 Å². The van der Waals surface area contributed by atoms with Crippen LogP contribution in [0.3, 0.4) is 0 Å². The van der Waals surface area contributed by atoms with Crippen LogP contribution in [0.15, 0.2) is 28.9 Å². The molecule has 1 fully saturated rings. The molecule has 7 nitrogen and oxygen atoms in total. The van der Waals surface area contributed by atoms with E-state index < -0.39 is 11.9 Å². The van der Waals surface area contributed by atoms with Gasteiger partial charge in [0.05, 0.1) is 19.2 Å². The highest BCUT2D eigenvalue weighted by atomic mass is 16.5. The minimum atomic E-state index is -0.516. The third-order valence-corrected chi connectivity index (χ3v) is 4.25. The second-order valence-corrected chi connectivity index (χ2v) is 6.69. The van der Waals surface area contributed by atoms with Crippen molar-refractivity contribution in [1.82, 2.24) is 10.2 Å². The summed E-state index contributed by atoms with van der Waals surface area (Å²) in [5, 5.41) is 3.66. The van der Waals surface area contributed by atoms with Crippen molar-refractivity contribution < 1.29 is 23.5 Å². The fraction of sp³-hybridized carbons (Fsp3) is 0.421. The first-order valence-electron chi connectivity index (χ1n) is 8.58. The van der Waals surface area contributed by atoms with Crippen molar-refractivity contribution in [3.8, 4) is 0 Å². The van der Waals surface area contributed by atoms with Crippen molar-refractivity contribution in [2.75, 3.05) is 20.2 Å². The number of rotatable bonds is 7. The predicted octanol–water partition coefficient (Wildman–Crippen LogP) is 1.56. The Balaban J connectivity index is 1.46. The maximum absolute atomic E-state index is 12.0. The molecule has 1 aromatic carbocycles. The summed E-state index contributed by atoms with van der Waals surface area (Å²) in [5.41, 5.74) is 2.50. The average molecular weight is 358 g/mol. The number of furan rings is 1. The zero-order valence-electron chi connectivity index (χ0n) is 14.9. The number of hydrogen-bond acceptors (Lipinski definition) is 5. The van der Waals surface area contributed by atoms with E-state index in [2.05, 4.69) is 5.32 Å². The first-order valence-corrected chi connectivity index (χ1v) is 8.58. The number of nitrogens with one attached hydrogen (secondary N) is 1. The molecule has 0 aliphatic heterocycles. The Kier molecular flexibility index (Phi) is 5.25. The lowest BCUT2D eigenvalue weighted by Gasteiger charge is -2.16. The van der Waals surface area contributed by atoms with Gasteiger partial charge in [0.15, 0.2) is 6.61 Å². The highest BCUT2D eigenvalue weighted by Gasteiger charge is 2.24. The number of carbonyl (C=O) groups is 3. The van der Waals surface area contributed by atoms with Crippen molar-refractivity contribution in [3.63, 3.8) is 0 Å². The van der Waals surface area contributed by atoms with Crippen LogP contribution in [0.4, 0.5) is 0 Å². The lowest BCUT2D eigenvalue weighted by molar-refractivity contribution is -0.151. The van der Waals surface area contributed by atoms with Crippen molar-refractivity contribution in [2.45, 2.75) is 32.2 Å². The fourth-order valence-corrected chi connectivity index (χ4v) is 2.59. The lowest BCUT2D eigenvalue weighted by atomic mass is 10.1. The molecule has 0 bridgehead atoms. The van der Waals surface area contributed by atoms with Crippen LogP contribution in [-0.4, -0.2) is 48.9 Å². The zero-order valence-corrected chi connectivity index (χ0v) is 14.9. The lowest BCUT2D eigenvalue weighted by Crippen LogP contribution is -2.40. The van der Waals surface area contributed by atoms with E-state index in [1.54, 1.807) is 0 Å². The zero-order chi connectivity index (χ0) is 18.7. The summed E-state index contributed by atoms with van der Waals surface area (Å²) in [6.45, 7) is 1.53. The van der Waals surface area contributed by atoms with Crippen LogP contribution < -0.4 is 5.32 Å². The first kappa shape index (κ1) is 18.0. The molecule has 0 saturated heterocycles. The molecule has 1 N–H and O–H groups in total. The molecule has 0 unspecified atom stereocenters. The van der Waals surface area contributed by atoms with Gasteiger partial charge in [0, 0.05) is 24.0 Å². The van der Waals surface area contributed by atoms with Gasteiger partial charge < -0.3 is 19.4 Å². The van der Waals surface area contributed by atoms with E-state index in [-0.39, 0.29) is 31.5 Å². The number of fused-ring (bicyclic) bond motifs is 1. The van der Waals surface area contributed by atoms with Gasteiger partial charge in [-0.25, -0.2) is 0 Å². The van der Waals surface area contributed by atoms with Crippen LogP contribution in [0.1, 0.15) is 24.0 Å². The Bertz CT molecular complexity index is 838. The van der Waals surface area contributed by atoms with Gasteiger partial charge >= 0.3 is 5.97 Å². The molecule has 26 heavy (non-hydrogen) atoms. The van der Waals surface area contributed by atoms with Crippen LogP contribution in [-0.2, 0) is 25.5 Å². The highest BCUT2D eigenvalue weighted by Crippen LogP contribution is 2.23. The van der Waals surface area contributed by atoms with Gasteiger partial charge in [-0.1, -0.05) is 12.1 Å². The normalized spacial score (nSPS) is 13.5. The predicted molar refractivity (Wildman–Crippen MR) is 94.4 cm³/mol. The van der Waals surface area contributed by atoms with Gasteiger partial charge in [0.2, 0.25) is 5.91 Å². The van der Waals surface area contributed by atoms with Gasteiger partial charge in [-0.15, -0.1) is 0 Å². The van der Waals surface area contributed by atoms with Crippen molar-refractivity contribution in [2.24, 2.45) is 0 Å². The van der Waals surface area contributed by atoms with E-state index in [9.17, 15) is 14.4 Å². The van der Waals surface area contributed by atoms with Crippen molar-refractivity contribution >= 4 is 28.8 Å². The number of aryl methyl sites for hydroxylation is 1. The molecular formula is C19H22N2O5. The maximum Gasteiger partial charge on any atom is 0.310 e. The number of ether oxygens (including phenoxy) is 1. The molecule has 0 spiro atoms. The number of amides is 2. The molecule has 1 saturated carbocycles. The molecule has 2 amide bonds. The maximum atomic E-state index is 12.0. The van der Waals surface area contributed by atoms with Crippen LogP contribution in [0, 0.1) is 6.92 Å². The van der Waals surface area contributed by atoms with Gasteiger partial charge in [-0.3, -0.25) is 14.4 Å². The van der Waals surface area contributed by atoms with E-state index in [1.807, 2.05) is 25.1 Å². The second-order valence-electron chi connectivity index (χ2n) is 6.69. The number of benzene rings is 1. The topological polar surface area (TPSA) is 88.9 Å². The van der Waals surface area contributed by atoms with Crippen LogP contribution in [0.5, 0.6) is 0 Å². The number of esters is 1. The van der Waals surface area contributed by atoms with E-state index in [0.29, 0.717) is 5.58 Å². The minimum absolute atomic E-state index is 0.0230. The van der Waals surface area contributed by atoms with Crippen LogP contribution >= 0.6 is 0 Å². The number of hydrogen-bond donors (Lipinski definition) is 1. The minimum Gasteiger partial charge on any atom is -0.464 e. The highest BCUT2D eigenvalue weighted by molar-refractivity contribution is 5.88. The molecule has 7 heteroatoms. The standard InChI is InChI=1S/C19H22N2O5/c1-12-3-6-15-13(10-25-16(15)7-12)8-19(24)26-11-18(23)21(2)9-17(22)20-14-4-5-14/h3,6-7,10,14H,4-5,8-9,11H2,1-2H3,(H,20,22). The summed E-state index contributed by atoms with van der Waals surface area (Å²) in [7, 11) is 1.51. The Morgan fingerprint density at radius 2 is 2.08 bits per heavy atom. The summed E-state index contributed by atoms with van der Waals surface area (Å²) in [4.78, 5) is 36.9. The summed E-state index contributed by atoms with van der Waals surface area (Å²) >= 11 is 0. The van der Waals surface area contributed by atoms with Crippen molar-refractivity contribution in [3.05, 3.63) is 35.6 Å². The number of nitrogens with zero attached hydrogens (tertiary/aromatic N) is 1. The Morgan fingerprint density at radius 3 is 2.81 bits per heavy atom. The third-order valence-electron chi connectivity index (χ3n) is 4.25. The SMILES string of the molecule is Cc1ccc2c(CC(=O)OCC(=O)N(C)CC(=O)NC3CC3)coc2c1. The van der Waals surface area contributed by atoms with E-state index in [1.165, 1.54) is 18.2 Å². The molecular weight excluding hydrogens is 336 g/mol. The Morgan fingerprint density at radius 1 is 1.31 bits per heavy atom.